The van der Waals surface area contributed by atoms with Crippen LogP contribution in [0.2, 0.25) is 5.02 Å². The van der Waals surface area contributed by atoms with Gasteiger partial charge in [0.1, 0.15) is 0 Å². The average Bonchev–Trinajstić information content (AvgIpc) is 2.54. The fraction of sp³-hybridized carbons (Fsp3) is 0.167. The Morgan fingerprint density at radius 1 is 1.04 bits per heavy atom. The van der Waals surface area contributed by atoms with Gasteiger partial charge in [0, 0.05) is 22.8 Å². The quantitative estimate of drug-likeness (QED) is 0.753. The monoisotopic (exact) mass is 378 g/mol. The van der Waals surface area contributed by atoms with E-state index in [1.54, 1.807) is 56.3 Å². The summed E-state index contributed by atoms with van der Waals surface area (Å²) in [7, 11) is -3.52. The van der Waals surface area contributed by atoms with Gasteiger partial charge in [-0.05, 0) is 61.9 Å². The zero-order valence-electron chi connectivity index (χ0n) is 13.9. The minimum atomic E-state index is -3.52. The van der Waals surface area contributed by atoms with Gasteiger partial charge in [-0.1, -0.05) is 23.7 Å². The van der Waals surface area contributed by atoms with Crippen LogP contribution in [-0.4, -0.2) is 20.4 Å². The number of rotatable bonds is 6. The van der Waals surface area contributed by atoms with E-state index in [0.717, 1.165) is 5.56 Å². The van der Waals surface area contributed by atoms with Crippen LogP contribution in [0.15, 0.2) is 59.5 Å². The molecule has 132 valence electrons. The van der Waals surface area contributed by atoms with Crippen molar-refractivity contribution in [3.05, 3.63) is 65.2 Å². The van der Waals surface area contributed by atoms with E-state index in [2.05, 4.69) is 10.0 Å². The summed E-state index contributed by atoms with van der Waals surface area (Å²) in [6.45, 7) is 3.52. The van der Waals surface area contributed by atoms with Crippen LogP contribution in [0.1, 0.15) is 19.4 Å². The number of amides is 1. The van der Waals surface area contributed by atoms with E-state index in [9.17, 15) is 13.2 Å². The summed E-state index contributed by atoms with van der Waals surface area (Å²) in [5, 5.41) is 3.30. The molecule has 7 heteroatoms. The number of sulfonamides is 1. The first-order valence-corrected chi connectivity index (χ1v) is 9.49. The molecule has 2 aromatic carbocycles. The maximum atomic E-state index is 12.0. The molecule has 0 saturated heterocycles. The Morgan fingerprint density at radius 3 is 2.20 bits per heavy atom. The van der Waals surface area contributed by atoms with Gasteiger partial charge in [0.05, 0.1) is 4.90 Å². The molecule has 2 aromatic rings. The standard InChI is InChI=1S/C18H19ClN2O3S/c1-13(2)21-25(23,24)17-10-3-14(4-11-17)5-12-18(22)20-16-8-6-15(19)7-9-16/h3-13,21H,1-2H3,(H,20,22)/b12-5+. The van der Waals surface area contributed by atoms with Crippen molar-refractivity contribution < 1.29 is 13.2 Å². The summed E-state index contributed by atoms with van der Waals surface area (Å²) in [6.07, 6.45) is 2.99. The van der Waals surface area contributed by atoms with Crippen molar-refractivity contribution in [2.75, 3.05) is 5.32 Å². The molecule has 0 fully saturated rings. The number of carbonyl (C=O) groups is 1. The first kappa shape index (κ1) is 19.2. The molecule has 0 bridgehead atoms. The lowest BCUT2D eigenvalue weighted by molar-refractivity contribution is -0.111. The number of hydrogen-bond acceptors (Lipinski definition) is 3. The molecule has 5 nitrogen and oxygen atoms in total. The number of hydrogen-bond donors (Lipinski definition) is 2. The molecule has 2 rings (SSSR count). The maximum Gasteiger partial charge on any atom is 0.248 e. The van der Waals surface area contributed by atoms with Gasteiger partial charge >= 0.3 is 0 Å². The van der Waals surface area contributed by atoms with Crippen molar-refractivity contribution in [2.24, 2.45) is 0 Å². The first-order chi connectivity index (χ1) is 11.8. The van der Waals surface area contributed by atoms with Crippen LogP contribution < -0.4 is 10.0 Å². The number of benzene rings is 2. The molecule has 0 spiro atoms. The summed E-state index contributed by atoms with van der Waals surface area (Å²) in [6, 6.07) is 12.9. The van der Waals surface area contributed by atoms with Crippen LogP contribution in [0.5, 0.6) is 0 Å². The lowest BCUT2D eigenvalue weighted by Crippen LogP contribution is -2.30. The molecule has 0 atom stereocenters. The van der Waals surface area contributed by atoms with E-state index in [4.69, 9.17) is 11.6 Å². The van der Waals surface area contributed by atoms with Crippen LogP contribution in [0.4, 0.5) is 5.69 Å². The highest BCUT2D eigenvalue weighted by Crippen LogP contribution is 2.14. The van der Waals surface area contributed by atoms with Crippen LogP contribution in [-0.2, 0) is 14.8 Å². The molecule has 0 saturated carbocycles. The third-order valence-electron chi connectivity index (χ3n) is 3.12. The van der Waals surface area contributed by atoms with Gasteiger partial charge in [0.15, 0.2) is 0 Å². The molecule has 0 radical (unpaired) electrons. The lowest BCUT2D eigenvalue weighted by Gasteiger charge is -2.09. The third-order valence-corrected chi connectivity index (χ3v) is 5.05. The smallest absolute Gasteiger partial charge is 0.248 e. The lowest BCUT2D eigenvalue weighted by atomic mass is 10.2. The highest BCUT2D eigenvalue weighted by atomic mass is 35.5. The van der Waals surface area contributed by atoms with Crippen molar-refractivity contribution in [1.29, 1.82) is 0 Å². The van der Waals surface area contributed by atoms with Gasteiger partial charge in [-0.15, -0.1) is 0 Å². The third kappa shape index (κ3) is 6.01. The first-order valence-electron chi connectivity index (χ1n) is 7.63. The van der Waals surface area contributed by atoms with E-state index < -0.39 is 10.0 Å². The summed E-state index contributed by atoms with van der Waals surface area (Å²) in [4.78, 5) is 12.1. The summed E-state index contributed by atoms with van der Waals surface area (Å²) in [5.41, 5.74) is 1.36. The normalized spacial score (nSPS) is 11.8. The fourth-order valence-electron chi connectivity index (χ4n) is 2.03. The summed E-state index contributed by atoms with van der Waals surface area (Å²) < 4.78 is 26.6. The minimum absolute atomic E-state index is 0.180. The second kappa shape index (κ2) is 8.29. The Labute approximate surface area is 152 Å². The maximum absolute atomic E-state index is 12.0. The SMILES string of the molecule is CC(C)NS(=O)(=O)c1ccc(/C=C/C(=O)Nc2ccc(Cl)cc2)cc1. The zero-order valence-corrected chi connectivity index (χ0v) is 15.4. The van der Waals surface area contributed by atoms with Gasteiger partial charge < -0.3 is 5.32 Å². The second-order valence-corrected chi connectivity index (χ2v) is 7.82. The van der Waals surface area contributed by atoms with Crippen molar-refractivity contribution >= 4 is 39.3 Å². The van der Waals surface area contributed by atoms with Crippen LogP contribution >= 0.6 is 11.6 Å². The number of halogens is 1. The Kier molecular flexibility index (Phi) is 6.36. The Bertz CT molecular complexity index is 858. The number of anilines is 1. The van der Waals surface area contributed by atoms with Crippen molar-refractivity contribution in [1.82, 2.24) is 4.72 Å². The largest absolute Gasteiger partial charge is 0.323 e. The van der Waals surface area contributed by atoms with E-state index in [-0.39, 0.29) is 16.8 Å². The molecule has 0 aliphatic heterocycles. The van der Waals surface area contributed by atoms with Gasteiger partial charge in [-0.2, -0.15) is 0 Å². The molecule has 0 aliphatic rings. The van der Waals surface area contributed by atoms with Gasteiger partial charge in [-0.25, -0.2) is 13.1 Å². The van der Waals surface area contributed by atoms with Gasteiger partial charge in [0.2, 0.25) is 15.9 Å². The second-order valence-electron chi connectivity index (χ2n) is 5.67. The molecule has 0 aromatic heterocycles. The molecular formula is C18H19ClN2O3S. The fourth-order valence-corrected chi connectivity index (χ4v) is 3.40. The molecule has 1 amide bonds. The van der Waals surface area contributed by atoms with E-state index in [1.165, 1.54) is 18.2 Å². The average molecular weight is 379 g/mol. The van der Waals surface area contributed by atoms with Crippen molar-refractivity contribution in [2.45, 2.75) is 24.8 Å². The summed E-state index contributed by atoms with van der Waals surface area (Å²) >= 11 is 5.79. The van der Waals surface area contributed by atoms with E-state index >= 15 is 0 Å². The molecular weight excluding hydrogens is 360 g/mol. The van der Waals surface area contributed by atoms with Crippen molar-refractivity contribution in [3.8, 4) is 0 Å². The molecule has 0 aliphatic carbocycles. The highest BCUT2D eigenvalue weighted by molar-refractivity contribution is 7.89. The van der Waals surface area contributed by atoms with Gasteiger partial charge in [-0.3, -0.25) is 4.79 Å². The highest BCUT2D eigenvalue weighted by Gasteiger charge is 2.14. The van der Waals surface area contributed by atoms with Crippen LogP contribution in [0.3, 0.4) is 0 Å². The van der Waals surface area contributed by atoms with Crippen LogP contribution in [0, 0.1) is 0 Å². The minimum Gasteiger partial charge on any atom is -0.323 e. The Morgan fingerprint density at radius 2 is 1.64 bits per heavy atom. The van der Waals surface area contributed by atoms with E-state index in [1.807, 2.05) is 0 Å². The summed E-state index contributed by atoms with van der Waals surface area (Å²) in [5.74, 6) is -0.291. The Balaban J connectivity index is 2.01. The molecule has 2 N–H and O–H groups in total. The number of nitrogens with one attached hydrogen (secondary N) is 2. The number of carbonyl (C=O) groups excluding carboxylic acids is 1. The Hall–Kier alpha value is -2.15. The van der Waals surface area contributed by atoms with E-state index in [0.29, 0.717) is 10.7 Å². The van der Waals surface area contributed by atoms with Crippen LogP contribution in [0.25, 0.3) is 6.08 Å². The predicted molar refractivity (Wildman–Crippen MR) is 101 cm³/mol. The predicted octanol–water partition coefficient (Wildman–Crippen LogP) is 3.68. The molecule has 25 heavy (non-hydrogen) atoms. The topological polar surface area (TPSA) is 75.3 Å². The van der Waals surface area contributed by atoms with Crippen molar-refractivity contribution in [3.63, 3.8) is 0 Å². The molecule has 0 unspecified atom stereocenters. The van der Waals surface area contributed by atoms with Gasteiger partial charge in [0.25, 0.3) is 0 Å². The zero-order chi connectivity index (χ0) is 18.4. The molecule has 0 heterocycles.